The van der Waals surface area contributed by atoms with Gasteiger partial charge in [-0.05, 0) is 36.4 Å². The highest BCUT2D eigenvalue weighted by Gasteiger charge is 2.49. The molecular weight excluding hydrogens is 357 g/mol. The van der Waals surface area contributed by atoms with Crippen LogP contribution in [0.2, 0.25) is 10.2 Å². The van der Waals surface area contributed by atoms with Crippen molar-refractivity contribution in [3.05, 3.63) is 58.3 Å². The number of carbonyl (C=O) groups is 4. The molecule has 1 aromatic heterocycles. The molecule has 0 aliphatic carbocycles. The first-order valence-corrected chi connectivity index (χ1v) is 7.30. The second-order valence-corrected chi connectivity index (χ2v) is 5.48. The third-order valence-corrected chi connectivity index (χ3v) is 3.80. The van der Waals surface area contributed by atoms with Crippen LogP contribution in [0.25, 0.3) is 0 Å². The van der Waals surface area contributed by atoms with E-state index in [1.807, 2.05) is 0 Å². The van der Waals surface area contributed by atoms with Crippen LogP contribution >= 0.6 is 23.2 Å². The highest BCUT2D eigenvalue weighted by Crippen LogP contribution is 2.26. The predicted molar refractivity (Wildman–Crippen MR) is 84.8 cm³/mol. The van der Waals surface area contributed by atoms with E-state index in [0.717, 1.165) is 0 Å². The van der Waals surface area contributed by atoms with Crippen molar-refractivity contribution in [1.82, 2.24) is 9.88 Å². The molecule has 1 aliphatic heterocycles. The Morgan fingerprint density at radius 3 is 2.25 bits per heavy atom. The fourth-order valence-corrected chi connectivity index (χ4v) is 2.45. The number of halogens is 2. The van der Waals surface area contributed by atoms with Crippen LogP contribution in [-0.2, 0) is 9.59 Å². The normalized spacial score (nSPS) is 14.5. The number of urea groups is 1. The highest BCUT2D eigenvalue weighted by molar-refractivity contribution is 6.56. The largest absolute Gasteiger partial charge is 0.346 e. The Morgan fingerprint density at radius 1 is 0.958 bits per heavy atom. The summed E-state index contributed by atoms with van der Waals surface area (Å²) in [6.07, 6.45) is 1.35. The van der Waals surface area contributed by atoms with E-state index < -0.39 is 23.8 Å². The molecule has 0 atom stereocenters. The van der Waals surface area contributed by atoms with E-state index >= 15 is 0 Å². The van der Waals surface area contributed by atoms with Crippen LogP contribution in [0, 0.1) is 0 Å². The van der Waals surface area contributed by atoms with Gasteiger partial charge in [0.1, 0.15) is 5.15 Å². The summed E-state index contributed by atoms with van der Waals surface area (Å²) in [6.45, 7) is 0. The van der Waals surface area contributed by atoms with E-state index in [1.165, 1.54) is 42.6 Å². The summed E-state index contributed by atoms with van der Waals surface area (Å²) in [6, 6.07) is 7.30. The second-order valence-electron chi connectivity index (χ2n) is 4.69. The molecule has 0 unspecified atom stereocenters. The molecule has 0 saturated carbocycles. The molecule has 3 rings (SSSR count). The third-order valence-electron chi connectivity index (χ3n) is 3.25. The minimum Gasteiger partial charge on any atom is -0.268 e. The van der Waals surface area contributed by atoms with Gasteiger partial charge in [-0.2, -0.15) is 4.90 Å². The lowest BCUT2D eigenvalue weighted by molar-refractivity contribution is -0.138. The molecule has 120 valence electrons. The minimum atomic E-state index is -1.26. The van der Waals surface area contributed by atoms with Gasteiger partial charge in [-0.1, -0.05) is 23.2 Å². The summed E-state index contributed by atoms with van der Waals surface area (Å²) in [5.74, 6) is -3.43. The monoisotopic (exact) mass is 363 g/mol. The average molecular weight is 364 g/mol. The van der Waals surface area contributed by atoms with Gasteiger partial charge in [0.2, 0.25) is 0 Å². The molecular formula is C15H7Cl2N3O4. The van der Waals surface area contributed by atoms with E-state index in [1.54, 1.807) is 0 Å². The lowest BCUT2D eigenvalue weighted by atomic mass is 10.2. The number of aromatic nitrogens is 1. The van der Waals surface area contributed by atoms with Gasteiger partial charge in [-0.3, -0.25) is 14.4 Å². The number of hydrogen-bond acceptors (Lipinski definition) is 5. The van der Waals surface area contributed by atoms with Crippen molar-refractivity contribution in [2.75, 3.05) is 4.90 Å². The molecule has 0 radical (unpaired) electrons. The molecule has 1 fully saturated rings. The van der Waals surface area contributed by atoms with E-state index in [9.17, 15) is 19.2 Å². The maximum absolute atomic E-state index is 12.4. The van der Waals surface area contributed by atoms with Gasteiger partial charge in [-0.15, -0.1) is 0 Å². The zero-order valence-electron chi connectivity index (χ0n) is 11.8. The molecule has 9 heteroatoms. The van der Waals surface area contributed by atoms with Gasteiger partial charge < -0.3 is 0 Å². The van der Waals surface area contributed by atoms with Gasteiger partial charge >= 0.3 is 17.8 Å². The van der Waals surface area contributed by atoms with Crippen LogP contribution in [0.5, 0.6) is 0 Å². The van der Waals surface area contributed by atoms with Gasteiger partial charge in [0.05, 0.1) is 11.3 Å². The SMILES string of the molecule is O=C1C(=O)N(c2ccc(Cl)cc2)C(=O)N1C(=O)c1cccnc1Cl. The Hall–Kier alpha value is -2.77. The van der Waals surface area contributed by atoms with Crippen molar-refractivity contribution in [2.24, 2.45) is 0 Å². The number of rotatable bonds is 2. The number of pyridine rings is 1. The van der Waals surface area contributed by atoms with Crippen LogP contribution in [0.3, 0.4) is 0 Å². The quantitative estimate of drug-likeness (QED) is 0.354. The molecule has 7 nitrogen and oxygen atoms in total. The fourth-order valence-electron chi connectivity index (χ4n) is 2.13. The van der Waals surface area contributed by atoms with E-state index in [4.69, 9.17) is 23.2 Å². The van der Waals surface area contributed by atoms with Gasteiger partial charge in [0.25, 0.3) is 5.91 Å². The number of nitrogens with zero attached hydrogens (tertiary/aromatic N) is 3. The van der Waals surface area contributed by atoms with Gasteiger partial charge in [0, 0.05) is 11.2 Å². The first-order valence-electron chi connectivity index (χ1n) is 6.54. The average Bonchev–Trinajstić information content (AvgIpc) is 2.78. The molecule has 5 amide bonds. The van der Waals surface area contributed by atoms with Crippen molar-refractivity contribution >= 4 is 52.6 Å². The zero-order chi connectivity index (χ0) is 17.4. The standard InChI is InChI=1S/C15H7Cl2N3O4/c16-8-3-5-9(6-4-8)19-13(22)14(23)20(15(19)24)12(21)10-2-1-7-18-11(10)17/h1-7H. The molecule has 0 N–H and O–H groups in total. The molecule has 2 aromatic rings. The van der Waals surface area contributed by atoms with Crippen LogP contribution in [0.4, 0.5) is 10.5 Å². The molecule has 1 aromatic carbocycles. The Kier molecular flexibility index (Phi) is 4.04. The Morgan fingerprint density at radius 2 is 1.62 bits per heavy atom. The highest BCUT2D eigenvalue weighted by atomic mass is 35.5. The molecule has 24 heavy (non-hydrogen) atoms. The van der Waals surface area contributed by atoms with Crippen LogP contribution in [0.1, 0.15) is 10.4 Å². The molecule has 1 aliphatic rings. The van der Waals surface area contributed by atoms with Crippen molar-refractivity contribution in [1.29, 1.82) is 0 Å². The minimum absolute atomic E-state index is 0.121. The maximum atomic E-state index is 12.4. The van der Waals surface area contributed by atoms with E-state index in [-0.39, 0.29) is 21.3 Å². The van der Waals surface area contributed by atoms with Gasteiger partial charge in [0.15, 0.2) is 0 Å². The second kappa shape index (κ2) is 6.03. The molecule has 0 bridgehead atoms. The van der Waals surface area contributed by atoms with Crippen LogP contribution in [-0.4, -0.2) is 33.6 Å². The summed E-state index contributed by atoms with van der Waals surface area (Å²) >= 11 is 11.6. The lowest BCUT2D eigenvalue weighted by Gasteiger charge is -2.14. The van der Waals surface area contributed by atoms with E-state index in [0.29, 0.717) is 9.92 Å². The number of imide groups is 4. The summed E-state index contributed by atoms with van der Waals surface area (Å²) in [4.78, 5) is 53.6. The number of amides is 5. The smallest absolute Gasteiger partial charge is 0.268 e. The number of carbonyl (C=O) groups excluding carboxylic acids is 4. The number of hydrogen-bond donors (Lipinski definition) is 0. The fraction of sp³-hybridized carbons (Fsp3) is 0. The van der Waals surface area contributed by atoms with Crippen molar-refractivity contribution < 1.29 is 19.2 Å². The van der Waals surface area contributed by atoms with Crippen molar-refractivity contribution in [3.8, 4) is 0 Å². The third kappa shape index (κ3) is 2.53. The topological polar surface area (TPSA) is 87.7 Å². The predicted octanol–water partition coefficient (Wildman–Crippen LogP) is 2.52. The Bertz CT molecular complexity index is 883. The summed E-state index contributed by atoms with van der Waals surface area (Å²) in [5, 5.41) is 0.208. The van der Waals surface area contributed by atoms with Crippen LogP contribution in [0.15, 0.2) is 42.6 Å². The summed E-state index contributed by atoms with van der Waals surface area (Å²) in [7, 11) is 0. The van der Waals surface area contributed by atoms with E-state index in [2.05, 4.69) is 4.98 Å². The summed E-state index contributed by atoms with van der Waals surface area (Å²) < 4.78 is 0. The lowest BCUT2D eigenvalue weighted by Crippen LogP contribution is -2.38. The first kappa shape index (κ1) is 16.1. The Labute approximate surface area is 145 Å². The maximum Gasteiger partial charge on any atom is 0.346 e. The van der Waals surface area contributed by atoms with Crippen molar-refractivity contribution in [2.45, 2.75) is 0 Å². The number of anilines is 1. The summed E-state index contributed by atoms with van der Waals surface area (Å²) in [5.41, 5.74) is -0.0399. The molecule has 1 saturated heterocycles. The van der Waals surface area contributed by atoms with Gasteiger partial charge in [-0.25, -0.2) is 14.7 Å². The first-order chi connectivity index (χ1) is 11.4. The Balaban J connectivity index is 1.99. The van der Waals surface area contributed by atoms with Crippen LogP contribution < -0.4 is 4.90 Å². The molecule has 2 heterocycles. The number of benzene rings is 1. The molecule has 0 spiro atoms. The zero-order valence-corrected chi connectivity index (χ0v) is 13.3. The van der Waals surface area contributed by atoms with Crippen molar-refractivity contribution in [3.63, 3.8) is 0 Å².